The smallest absolute Gasteiger partial charge is 0.264 e. The molecule has 0 bridgehead atoms. The van der Waals surface area contributed by atoms with Gasteiger partial charge in [-0.1, -0.05) is 12.1 Å². The maximum absolute atomic E-state index is 12.4. The fourth-order valence-electron chi connectivity index (χ4n) is 1.90. The van der Waals surface area contributed by atoms with Crippen molar-refractivity contribution in [1.29, 1.82) is 0 Å². The van der Waals surface area contributed by atoms with E-state index in [1.807, 2.05) is 37.4 Å². The highest BCUT2D eigenvalue weighted by atomic mass is 32.1. The summed E-state index contributed by atoms with van der Waals surface area (Å²) in [4.78, 5) is 14.9. The SMILES string of the molecule is Cc1ccsc1C(=O)N(C)C(C)c1ccc(O)cc1. The molecule has 0 aliphatic heterocycles. The number of benzene rings is 1. The molecule has 0 spiro atoms. The minimum absolute atomic E-state index is 0.0328. The Morgan fingerprint density at radius 3 is 2.42 bits per heavy atom. The minimum atomic E-state index is -0.0328. The monoisotopic (exact) mass is 275 g/mol. The second-order valence-corrected chi connectivity index (χ2v) is 5.53. The number of rotatable bonds is 3. The minimum Gasteiger partial charge on any atom is -0.508 e. The van der Waals surface area contributed by atoms with Crippen molar-refractivity contribution >= 4 is 17.2 Å². The van der Waals surface area contributed by atoms with Crippen LogP contribution in [-0.2, 0) is 0 Å². The summed E-state index contributed by atoms with van der Waals surface area (Å²) in [5.74, 6) is 0.270. The first-order valence-electron chi connectivity index (χ1n) is 6.11. The number of hydrogen-bond donors (Lipinski definition) is 1. The van der Waals surface area contributed by atoms with Crippen molar-refractivity contribution in [2.24, 2.45) is 0 Å². The second-order valence-electron chi connectivity index (χ2n) is 4.62. The van der Waals surface area contributed by atoms with Crippen molar-refractivity contribution < 1.29 is 9.90 Å². The molecule has 0 saturated heterocycles. The van der Waals surface area contributed by atoms with E-state index >= 15 is 0 Å². The number of amides is 1. The average Bonchev–Trinajstić information content (AvgIpc) is 2.83. The zero-order valence-electron chi connectivity index (χ0n) is 11.3. The number of hydrogen-bond acceptors (Lipinski definition) is 3. The predicted molar refractivity (Wildman–Crippen MR) is 77.7 cm³/mol. The molecule has 19 heavy (non-hydrogen) atoms. The van der Waals surface area contributed by atoms with Gasteiger partial charge in [0.2, 0.25) is 0 Å². The van der Waals surface area contributed by atoms with Crippen LogP contribution in [0.1, 0.15) is 33.8 Å². The Balaban J connectivity index is 2.19. The number of phenolic OH excluding ortho intramolecular Hbond substituents is 1. The van der Waals surface area contributed by atoms with Crippen molar-refractivity contribution in [2.75, 3.05) is 7.05 Å². The number of carbonyl (C=O) groups is 1. The standard InChI is InChI=1S/C15H17NO2S/c1-10-8-9-19-14(10)15(18)16(3)11(2)12-4-6-13(17)7-5-12/h4-9,11,17H,1-3H3. The highest BCUT2D eigenvalue weighted by molar-refractivity contribution is 7.12. The van der Waals surface area contributed by atoms with Crippen LogP contribution in [-0.4, -0.2) is 23.0 Å². The Bertz CT molecular complexity index is 574. The third kappa shape index (κ3) is 2.79. The molecule has 0 aliphatic rings. The van der Waals surface area contributed by atoms with Gasteiger partial charge in [0.05, 0.1) is 10.9 Å². The third-order valence-electron chi connectivity index (χ3n) is 3.33. The molecule has 1 amide bonds. The van der Waals surface area contributed by atoms with Gasteiger partial charge in [0.1, 0.15) is 5.75 Å². The summed E-state index contributed by atoms with van der Waals surface area (Å²) >= 11 is 1.47. The zero-order chi connectivity index (χ0) is 14.0. The highest BCUT2D eigenvalue weighted by Gasteiger charge is 2.21. The van der Waals surface area contributed by atoms with Gasteiger partial charge in [-0.25, -0.2) is 0 Å². The summed E-state index contributed by atoms with van der Waals surface area (Å²) in [6.45, 7) is 3.93. The number of thiophene rings is 1. The van der Waals surface area contributed by atoms with Gasteiger partial charge in [-0.15, -0.1) is 11.3 Å². The quantitative estimate of drug-likeness (QED) is 0.930. The molecule has 0 saturated carbocycles. The Hall–Kier alpha value is -1.81. The van der Waals surface area contributed by atoms with E-state index < -0.39 is 0 Å². The molecule has 1 heterocycles. The molecule has 0 fully saturated rings. The van der Waals surface area contributed by atoms with Crippen molar-refractivity contribution in [3.05, 3.63) is 51.7 Å². The molecule has 1 unspecified atom stereocenters. The topological polar surface area (TPSA) is 40.5 Å². The fraction of sp³-hybridized carbons (Fsp3) is 0.267. The molecule has 1 atom stereocenters. The molecule has 1 aromatic heterocycles. The second kappa shape index (κ2) is 5.45. The first-order valence-corrected chi connectivity index (χ1v) is 6.99. The number of nitrogens with zero attached hydrogens (tertiary/aromatic N) is 1. The van der Waals surface area contributed by atoms with E-state index in [-0.39, 0.29) is 17.7 Å². The maximum atomic E-state index is 12.4. The average molecular weight is 275 g/mol. The highest BCUT2D eigenvalue weighted by Crippen LogP contribution is 2.25. The van der Waals surface area contributed by atoms with Crippen LogP contribution in [0.2, 0.25) is 0 Å². The number of aryl methyl sites for hydroxylation is 1. The molecule has 2 aromatic rings. The van der Waals surface area contributed by atoms with Crippen LogP contribution in [0.15, 0.2) is 35.7 Å². The van der Waals surface area contributed by atoms with Crippen LogP contribution in [0.4, 0.5) is 0 Å². The first-order chi connectivity index (χ1) is 9.00. The van der Waals surface area contributed by atoms with Crippen LogP contribution >= 0.6 is 11.3 Å². The van der Waals surface area contributed by atoms with E-state index in [4.69, 9.17) is 0 Å². The lowest BCUT2D eigenvalue weighted by Gasteiger charge is -2.25. The van der Waals surface area contributed by atoms with Gasteiger partial charge < -0.3 is 10.0 Å². The zero-order valence-corrected chi connectivity index (χ0v) is 12.1. The third-order valence-corrected chi connectivity index (χ3v) is 4.34. The molecule has 0 radical (unpaired) electrons. The summed E-state index contributed by atoms with van der Waals surface area (Å²) in [5.41, 5.74) is 2.02. The molecular weight excluding hydrogens is 258 g/mol. The van der Waals surface area contributed by atoms with Gasteiger partial charge in [-0.3, -0.25) is 4.79 Å². The van der Waals surface area contributed by atoms with Crippen LogP contribution < -0.4 is 0 Å². The molecule has 1 aromatic carbocycles. The fourth-order valence-corrected chi connectivity index (χ4v) is 2.81. The summed E-state index contributed by atoms with van der Waals surface area (Å²) in [7, 11) is 1.80. The molecule has 100 valence electrons. The number of carbonyl (C=O) groups excluding carboxylic acids is 1. The van der Waals surface area contributed by atoms with Crippen molar-refractivity contribution in [3.63, 3.8) is 0 Å². The molecule has 4 heteroatoms. The first kappa shape index (κ1) is 13.6. The lowest BCUT2D eigenvalue weighted by atomic mass is 10.1. The number of phenols is 1. The lowest BCUT2D eigenvalue weighted by Crippen LogP contribution is -2.29. The largest absolute Gasteiger partial charge is 0.508 e. The molecule has 3 nitrogen and oxygen atoms in total. The molecule has 1 N–H and O–H groups in total. The summed E-state index contributed by atoms with van der Waals surface area (Å²) < 4.78 is 0. The number of aromatic hydroxyl groups is 1. The Kier molecular flexibility index (Phi) is 3.90. The van der Waals surface area contributed by atoms with E-state index in [0.717, 1.165) is 16.0 Å². The van der Waals surface area contributed by atoms with Crippen molar-refractivity contribution in [2.45, 2.75) is 19.9 Å². The van der Waals surface area contributed by atoms with Gasteiger partial charge >= 0.3 is 0 Å². The predicted octanol–water partition coefficient (Wildman–Crippen LogP) is 3.60. The van der Waals surface area contributed by atoms with Gasteiger partial charge in [0.15, 0.2) is 0 Å². The van der Waals surface area contributed by atoms with Crippen LogP contribution in [0.25, 0.3) is 0 Å². The summed E-state index contributed by atoms with van der Waals surface area (Å²) in [5, 5.41) is 11.2. The Morgan fingerprint density at radius 1 is 1.26 bits per heavy atom. The van der Waals surface area contributed by atoms with E-state index in [9.17, 15) is 9.90 Å². The van der Waals surface area contributed by atoms with Crippen LogP contribution in [0.5, 0.6) is 5.75 Å². The van der Waals surface area contributed by atoms with Crippen LogP contribution in [0, 0.1) is 6.92 Å². The Labute approximate surface area is 117 Å². The van der Waals surface area contributed by atoms with Gasteiger partial charge in [0.25, 0.3) is 5.91 Å². The van der Waals surface area contributed by atoms with E-state index in [0.29, 0.717) is 0 Å². The van der Waals surface area contributed by atoms with E-state index in [1.165, 1.54) is 11.3 Å². The normalized spacial score (nSPS) is 12.2. The molecule has 0 aliphatic carbocycles. The molecule has 2 rings (SSSR count). The van der Waals surface area contributed by atoms with Gasteiger partial charge in [0, 0.05) is 7.05 Å². The molecular formula is C15H17NO2S. The van der Waals surface area contributed by atoms with Gasteiger partial charge in [-0.2, -0.15) is 0 Å². The van der Waals surface area contributed by atoms with Gasteiger partial charge in [-0.05, 0) is 48.6 Å². The van der Waals surface area contributed by atoms with E-state index in [2.05, 4.69) is 0 Å². The summed E-state index contributed by atoms with van der Waals surface area (Å²) in [6, 6.07) is 8.88. The van der Waals surface area contributed by atoms with E-state index in [1.54, 1.807) is 24.1 Å². The van der Waals surface area contributed by atoms with Crippen LogP contribution in [0.3, 0.4) is 0 Å². The maximum Gasteiger partial charge on any atom is 0.264 e. The Morgan fingerprint density at radius 2 is 1.89 bits per heavy atom. The van der Waals surface area contributed by atoms with Crippen molar-refractivity contribution in [3.8, 4) is 5.75 Å². The lowest BCUT2D eigenvalue weighted by molar-refractivity contribution is 0.0747. The van der Waals surface area contributed by atoms with Crippen molar-refractivity contribution in [1.82, 2.24) is 4.90 Å². The summed E-state index contributed by atoms with van der Waals surface area (Å²) in [6.07, 6.45) is 0.